The minimum Gasteiger partial charge on any atom is -0.381 e. The summed E-state index contributed by atoms with van der Waals surface area (Å²) in [5, 5.41) is 11.1. The van der Waals surface area contributed by atoms with Crippen LogP contribution in [0.25, 0.3) is 17.1 Å². The molecule has 3 aliphatic rings. The van der Waals surface area contributed by atoms with Crippen LogP contribution in [-0.4, -0.2) is 51.8 Å². The molecule has 0 bridgehead atoms. The van der Waals surface area contributed by atoms with Crippen molar-refractivity contribution in [2.24, 2.45) is 0 Å². The molecule has 2 N–H and O–H groups in total. The predicted molar refractivity (Wildman–Crippen MR) is 130 cm³/mol. The molecule has 1 spiro atoms. The van der Waals surface area contributed by atoms with Crippen LogP contribution in [0.5, 0.6) is 0 Å². The number of carbonyl (C=O) groups is 1. The topological polar surface area (TPSA) is 75.1 Å². The van der Waals surface area contributed by atoms with Crippen LogP contribution in [0, 0.1) is 11.6 Å². The Hall–Kier alpha value is -3.33. The number of fused-ring (bicyclic) bond motifs is 2. The normalized spacial score (nSPS) is 19.8. The summed E-state index contributed by atoms with van der Waals surface area (Å²) < 4.78 is 29.6. The lowest BCUT2D eigenvalue weighted by molar-refractivity contribution is -0.120. The third-order valence-electron chi connectivity index (χ3n) is 7.81. The van der Waals surface area contributed by atoms with Gasteiger partial charge in [0.05, 0.1) is 16.8 Å². The lowest BCUT2D eigenvalue weighted by atomic mass is 9.79. The molecular weight excluding hydrogens is 450 g/mol. The monoisotopic (exact) mass is 478 g/mol. The van der Waals surface area contributed by atoms with E-state index in [1.807, 2.05) is 12.1 Å². The van der Waals surface area contributed by atoms with E-state index in [2.05, 4.69) is 32.7 Å². The Morgan fingerprint density at radius 3 is 2.63 bits per heavy atom. The Kier molecular flexibility index (Phi) is 5.32. The summed E-state index contributed by atoms with van der Waals surface area (Å²) >= 11 is 0. The van der Waals surface area contributed by atoms with Crippen LogP contribution < -0.4 is 10.6 Å². The zero-order valence-electron chi connectivity index (χ0n) is 19.7. The van der Waals surface area contributed by atoms with Crippen LogP contribution in [0.1, 0.15) is 44.1 Å². The summed E-state index contributed by atoms with van der Waals surface area (Å²) in [5.41, 5.74) is 3.00. The largest absolute Gasteiger partial charge is 0.381 e. The van der Waals surface area contributed by atoms with Crippen molar-refractivity contribution in [3.63, 3.8) is 0 Å². The van der Waals surface area contributed by atoms with Crippen molar-refractivity contribution in [1.29, 1.82) is 0 Å². The van der Waals surface area contributed by atoms with Gasteiger partial charge in [0.2, 0.25) is 5.91 Å². The van der Waals surface area contributed by atoms with Crippen molar-refractivity contribution in [2.75, 3.05) is 30.8 Å². The minimum absolute atomic E-state index is 0.0552. The number of benzene rings is 2. The highest BCUT2D eigenvalue weighted by Gasteiger charge is 2.49. The van der Waals surface area contributed by atoms with Gasteiger partial charge in [-0.3, -0.25) is 4.79 Å². The fraction of sp³-hybridized carbons (Fsp3) is 0.423. The van der Waals surface area contributed by atoms with E-state index in [0.29, 0.717) is 5.82 Å². The Morgan fingerprint density at radius 2 is 1.89 bits per heavy atom. The standard InChI is InChI=1S/C26H28F2N6O/c1-33-10-6-18(7-11-33)31-21-13-16(12-19-23(21)32-25(35)26(19)8-2-3-9-26)24-29-15-30-34(24)22-5-4-17(27)14-20(22)28/h4-5,12-15,18,31H,2-3,6-11H2,1H3,(H,32,35). The number of halogens is 2. The molecule has 1 aliphatic carbocycles. The van der Waals surface area contributed by atoms with Crippen LogP contribution in [0.4, 0.5) is 20.2 Å². The number of nitrogens with one attached hydrogen (secondary N) is 2. The summed E-state index contributed by atoms with van der Waals surface area (Å²) in [4.78, 5) is 20.0. The summed E-state index contributed by atoms with van der Waals surface area (Å²) in [5.74, 6) is -0.869. The molecule has 7 nitrogen and oxygen atoms in total. The quantitative estimate of drug-likeness (QED) is 0.578. The summed E-state index contributed by atoms with van der Waals surface area (Å²) in [6.45, 7) is 2.02. The highest BCUT2D eigenvalue weighted by molar-refractivity contribution is 6.10. The van der Waals surface area contributed by atoms with Crippen LogP contribution in [0.15, 0.2) is 36.7 Å². The van der Waals surface area contributed by atoms with Gasteiger partial charge in [-0.2, -0.15) is 5.10 Å². The molecule has 3 heterocycles. The number of piperidine rings is 1. The van der Waals surface area contributed by atoms with Crippen molar-refractivity contribution < 1.29 is 13.6 Å². The number of hydrogen-bond donors (Lipinski definition) is 2. The summed E-state index contributed by atoms with van der Waals surface area (Å²) in [7, 11) is 2.13. The highest BCUT2D eigenvalue weighted by atomic mass is 19.1. The molecule has 1 saturated heterocycles. The highest BCUT2D eigenvalue weighted by Crippen LogP contribution is 2.52. The first kappa shape index (κ1) is 22.2. The molecule has 35 heavy (non-hydrogen) atoms. The van der Waals surface area contributed by atoms with Crippen molar-refractivity contribution >= 4 is 17.3 Å². The van der Waals surface area contributed by atoms with Gasteiger partial charge < -0.3 is 15.5 Å². The van der Waals surface area contributed by atoms with E-state index in [1.165, 1.54) is 23.1 Å². The molecule has 2 fully saturated rings. The van der Waals surface area contributed by atoms with Crippen molar-refractivity contribution in [3.8, 4) is 17.1 Å². The van der Waals surface area contributed by atoms with Crippen LogP contribution >= 0.6 is 0 Å². The zero-order chi connectivity index (χ0) is 24.2. The molecular formula is C26H28F2N6O. The van der Waals surface area contributed by atoms with E-state index in [1.54, 1.807) is 0 Å². The number of nitrogens with zero attached hydrogens (tertiary/aromatic N) is 4. The number of amides is 1. The molecule has 1 amide bonds. The molecule has 6 rings (SSSR count). The smallest absolute Gasteiger partial charge is 0.235 e. The fourth-order valence-electron chi connectivity index (χ4n) is 5.87. The van der Waals surface area contributed by atoms with E-state index < -0.39 is 17.0 Å². The Bertz CT molecular complexity index is 1290. The van der Waals surface area contributed by atoms with Crippen molar-refractivity contribution in [1.82, 2.24) is 19.7 Å². The van der Waals surface area contributed by atoms with Gasteiger partial charge in [0.15, 0.2) is 11.6 Å². The first-order valence-electron chi connectivity index (χ1n) is 12.3. The number of carbonyl (C=O) groups excluding carboxylic acids is 1. The molecule has 0 atom stereocenters. The molecule has 0 unspecified atom stereocenters. The second-order valence-electron chi connectivity index (χ2n) is 10.0. The zero-order valence-corrected chi connectivity index (χ0v) is 19.7. The fourth-order valence-corrected chi connectivity index (χ4v) is 5.87. The van der Waals surface area contributed by atoms with Gasteiger partial charge in [0, 0.05) is 17.7 Å². The maximum absolute atomic E-state index is 14.6. The Labute approximate surface area is 202 Å². The van der Waals surface area contributed by atoms with Gasteiger partial charge >= 0.3 is 0 Å². The predicted octanol–water partition coefficient (Wildman–Crippen LogP) is 4.48. The number of aromatic nitrogens is 3. The van der Waals surface area contributed by atoms with Gasteiger partial charge in [-0.25, -0.2) is 18.4 Å². The average molecular weight is 479 g/mol. The SMILES string of the molecule is CN1CCC(Nc2cc(-c3ncnn3-c3ccc(F)cc3F)cc3c2NC(=O)C32CCCC2)CC1. The lowest BCUT2D eigenvalue weighted by Crippen LogP contribution is -2.36. The number of likely N-dealkylation sites (tertiary alicyclic amines) is 1. The second-order valence-corrected chi connectivity index (χ2v) is 10.0. The van der Waals surface area contributed by atoms with Gasteiger partial charge in [0.1, 0.15) is 17.8 Å². The van der Waals surface area contributed by atoms with Crippen LogP contribution in [0.3, 0.4) is 0 Å². The number of rotatable bonds is 4. The molecule has 2 aromatic carbocycles. The van der Waals surface area contributed by atoms with E-state index >= 15 is 0 Å². The van der Waals surface area contributed by atoms with E-state index in [4.69, 9.17) is 0 Å². The Morgan fingerprint density at radius 1 is 1.11 bits per heavy atom. The lowest BCUT2D eigenvalue weighted by Gasteiger charge is -2.31. The molecule has 1 saturated carbocycles. The van der Waals surface area contributed by atoms with Crippen molar-refractivity contribution in [2.45, 2.75) is 50.0 Å². The third-order valence-corrected chi connectivity index (χ3v) is 7.81. The first-order chi connectivity index (χ1) is 16.9. The molecule has 9 heteroatoms. The number of hydrogen-bond acceptors (Lipinski definition) is 5. The Balaban J connectivity index is 1.47. The molecule has 0 radical (unpaired) electrons. The van der Waals surface area contributed by atoms with Crippen molar-refractivity contribution in [3.05, 3.63) is 53.9 Å². The maximum Gasteiger partial charge on any atom is 0.235 e. The van der Waals surface area contributed by atoms with Gasteiger partial charge in [-0.1, -0.05) is 12.8 Å². The van der Waals surface area contributed by atoms with E-state index in [9.17, 15) is 13.6 Å². The third kappa shape index (κ3) is 3.69. The minimum atomic E-state index is -0.716. The first-order valence-corrected chi connectivity index (χ1v) is 12.3. The molecule has 182 valence electrons. The van der Waals surface area contributed by atoms with E-state index in [-0.39, 0.29) is 17.6 Å². The van der Waals surface area contributed by atoms with Gasteiger partial charge in [-0.05, 0) is 75.6 Å². The molecule has 3 aromatic rings. The summed E-state index contributed by atoms with van der Waals surface area (Å²) in [6, 6.07) is 7.66. The summed E-state index contributed by atoms with van der Waals surface area (Å²) in [6.07, 6.45) is 7.00. The van der Waals surface area contributed by atoms with E-state index in [0.717, 1.165) is 80.2 Å². The molecule has 2 aliphatic heterocycles. The molecule has 1 aromatic heterocycles. The van der Waals surface area contributed by atoms with Gasteiger partial charge in [0.25, 0.3) is 0 Å². The van der Waals surface area contributed by atoms with Crippen LogP contribution in [-0.2, 0) is 10.2 Å². The van der Waals surface area contributed by atoms with Gasteiger partial charge in [-0.15, -0.1) is 0 Å². The maximum atomic E-state index is 14.6. The second kappa shape index (κ2) is 8.41. The van der Waals surface area contributed by atoms with Crippen LogP contribution in [0.2, 0.25) is 0 Å². The average Bonchev–Trinajstić information content (AvgIpc) is 3.57. The number of anilines is 2.